The molecule has 2 aromatic heterocycles. The smallest absolute Gasteiger partial charge is 0.0588 e. The van der Waals surface area contributed by atoms with E-state index < -0.39 is 0 Å². The molecule has 0 amide bonds. The maximum absolute atomic E-state index is 6.37. The summed E-state index contributed by atoms with van der Waals surface area (Å²) < 4.78 is 0. The van der Waals surface area contributed by atoms with Crippen LogP contribution in [-0.4, -0.2) is 9.97 Å². The fourth-order valence-electron chi connectivity index (χ4n) is 2.32. The molecule has 0 saturated carbocycles. The van der Waals surface area contributed by atoms with Crippen molar-refractivity contribution < 1.29 is 0 Å². The maximum atomic E-state index is 6.37. The van der Waals surface area contributed by atoms with Crippen molar-refractivity contribution in [3.05, 3.63) is 71.8 Å². The Hall–Kier alpha value is -2.26. The first kappa shape index (κ1) is 11.8. The van der Waals surface area contributed by atoms with Gasteiger partial charge in [-0.2, -0.15) is 0 Å². The summed E-state index contributed by atoms with van der Waals surface area (Å²) in [6, 6.07) is 10.0. The Morgan fingerprint density at radius 2 is 1.79 bits per heavy atom. The third-order valence-corrected chi connectivity index (χ3v) is 3.29. The second-order valence-corrected chi connectivity index (χ2v) is 4.72. The minimum Gasteiger partial charge on any atom is -0.320 e. The van der Waals surface area contributed by atoms with E-state index in [1.165, 1.54) is 0 Å². The average molecular weight is 249 g/mol. The maximum Gasteiger partial charge on any atom is 0.0588 e. The Bertz CT molecular complexity index is 717. The van der Waals surface area contributed by atoms with Crippen LogP contribution in [0.5, 0.6) is 0 Å². The fraction of sp³-hybridized carbons (Fsp3) is 0.125. The van der Waals surface area contributed by atoms with E-state index in [-0.39, 0.29) is 6.04 Å². The van der Waals surface area contributed by atoms with E-state index in [0.717, 1.165) is 27.5 Å². The zero-order valence-electron chi connectivity index (χ0n) is 10.7. The molecule has 3 heteroatoms. The number of aromatic nitrogens is 2. The standard InChI is InChI=1S/C16H15N3/c1-11-6-13(9-18-7-11)16(17)15-10-19-8-12-4-2-3-5-14(12)15/h2-10,16H,17H2,1H3. The second kappa shape index (κ2) is 4.78. The molecular weight excluding hydrogens is 234 g/mol. The number of benzene rings is 1. The number of nitrogens with zero attached hydrogens (tertiary/aromatic N) is 2. The zero-order chi connectivity index (χ0) is 13.2. The van der Waals surface area contributed by atoms with Gasteiger partial charge in [-0.25, -0.2) is 0 Å². The summed E-state index contributed by atoms with van der Waals surface area (Å²) >= 11 is 0. The molecule has 1 unspecified atom stereocenters. The molecule has 0 aliphatic rings. The first-order chi connectivity index (χ1) is 9.25. The van der Waals surface area contributed by atoms with E-state index in [9.17, 15) is 0 Å². The summed E-state index contributed by atoms with van der Waals surface area (Å²) in [5.74, 6) is 0. The van der Waals surface area contributed by atoms with E-state index in [0.29, 0.717) is 0 Å². The topological polar surface area (TPSA) is 51.8 Å². The van der Waals surface area contributed by atoms with Gasteiger partial charge in [-0.05, 0) is 29.0 Å². The second-order valence-electron chi connectivity index (χ2n) is 4.72. The van der Waals surface area contributed by atoms with Crippen molar-refractivity contribution in [1.82, 2.24) is 9.97 Å². The molecule has 0 aliphatic carbocycles. The van der Waals surface area contributed by atoms with E-state index in [4.69, 9.17) is 5.73 Å². The lowest BCUT2D eigenvalue weighted by Crippen LogP contribution is -2.13. The summed E-state index contributed by atoms with van der Waals surface area (Å²) in [6.07, 6.45) is 7.35. The molecule has 3 nitrogen and oxygen atoms in total. The molecule has 1 aromatic carbocycles. The monoisotopic (exact) mass is 249 g/mol. The Balaban J connectivity index is 2.14. The van der Waals surface area contributed by atoms with Crippen molar-refractivity contribution in [2.45, 2.75) is 13.0 Å². The number of fused-ring (bicyclic) bond motifs is 1. The van der Waals surface area contributed by atoms with Crippen molar-refractivity contribution in [2.75, 3.05) is 0 Å². The van der Waals surface area contributed by atoms with E-state index >= 15 is 0 Å². The number of pyridine rings is 2. The highest BCUT2D eigenvalue weighted by Gasteiger charge is 2.12. The molecule has 3 aromatic rings. The SMILES string of the molecule is Cc1cncc(C(N)c2cncc3ccccc23)c1. The van der Waals surface area contributed by atoms with Crippen LogP contribution in [0.4, 0.5) is 0 Å². The number of hydrogen-bond acceptors (Lipinski definition) is 3. The molecule has 1 atom stereocenters. The van der Waals surface area contributed by atoms with E-state index in [1.54, 1.807) is 0 Å². The van der Waals surface area contributed by atoms with E-state index in [1.807, 2.05) is 49.9 Å². The Morgan fingerprint density at radius 1 is 1.00 bits per heavy atom. The molecule has 19 heavy (non-hydrogen) atoms. The summed E-state index contributed by atoms with van der Waals surface area (Å²) in [5, 5.41) is 2.25. The third-order valence-electron chi connectivity index (χ3n) is 3.29. The highest BCUT2D eigenvalue weighted by molar-refractivity contribution is 5.85. The summed E-state index contributed by atoms with van der Waals surface area (Å²) in [5.41, 5.74) is 9.53. The normalized spacial score (nSPS) is 12.5. The lowest BCUT2D eigenvalue weighted by atomic mass is 9.97. The molecule has 0 spiro atoms. The van der Waals surface area contributed by atoms with Crippen LogP contribution in [0.25, 0.3) is 10.8 Å². The largest absolute Gasteiger partial charge is 0.320 e. The molecule has 0 aliphatic heterocycles. The van der Waals surface area contributed by atoms with Crippen molar-refractivity contribution in [3.8, 4) is 0 Å². The van der Waals surface area contributed by atoms with E-state index in [2.05, 4.69) is 22.1 Å². The van der Waals surface area contributed by atoms with Crippen LogP contribution in [0.3, 0.4) is 0 Å². The van der Waals surface area contributed by atoms with Gasteiger partial charge < -0.3 is 5.73 Å². The summed E-state index contributed by atoms with van der Waals surface area (Å²) in [6.45, 7) is 2.02. The van der Waals surface area contributed by atoms with Crippen LogP contribution in [0.1, 0.15) is 22.7 Å². The van der Waals surface area contributed by atoms with Crippen LogP contribution in [0.15, 0.2) is 55.1 Å². The predicted molar refractivity (Wildman–Crippen MR) is 76.7 cm³/mol. The Labute approximate surface area is 112 Å². The molecule has 0 radical (unpaired) electrons. The van der Waals surface area contributed by atoms with Gasteiger partial charge in [0.1, 0.15) is 0 Å². The molecule has 0 fully saturated rings. The minimum absolute atomic E-state index is 0.203. The van der Waals surface area contributed by atoms with Crippen LogP contribution >= 0.6 is 0 Å². The lowest BCUT2D eigenvalue weighted by Gasteiger charge is -2.14. The highest BCUT2D eigenvalue weighted by atomic mass is 14.7. The highest BCUT2D eigenvalue weighted by Crippen LogP contribution is 2.26. The number of nitrogens with two attached hydrogens (primary N) is 1. The van der Waals surface area contributed by atoms with Gasteiger partial charge in [0.15, 0.2) is 0 Å². The van der Waals surface area contributed by atoms with Gasteiger partial charge in [0, 0.05) is 30.2 Å². The van der Waals surface area contributed by atoms with Crippen LogP contribution in [-0.2, 0) is 0 Å². The molecule has 2 N–H and O–H groups in total. The molecule has 3 rings (SSSR count). The quantitative estimate of drug-likeness (QED) is 0.759. The lowest BCUT2D eigenvalue weighted by molar-refractivity contribution is 0.862. The van der Waals surface area contributed by atoms with Gasteiger partial charge >= 0.3 is 0 Å². The predicted octanol–water partition coefficient (Wildman–Crippen LogP) is 2.99. The number of aryl methyl sites for hydroxylation is 1. The van der Waals surface area contributed by atoms with Gasteiger partial charge in [0.2, 0.25) is 0 Å². The summed E-state index contributed by atoms with van der Waals surface area (Å²) in [7, 11) is 0. The van der Waals surface area contributed by atoms with Gasteiger partial charge in [-0.3, -0.25) is 9.97 Å². The van der Waals surface area contributed by atoms with Gasteiger partial charge in [0.25, 0.3) is 0 Å². The van der Waals surface area contributed by atoms with Gasteiger partial charge in [0.05, 0.1) is 6.04 Å². The number of hydrogen-bond donors (Lipinski definition) is 1. The number of rotatable bonds is 2. The molecule has 2 heterocycles. The molecule has 0 bridgehead atoms. The first-order valence-corrected chi connectivity index (χ1v) is 6.25. The minimum atomic E-state index is -0.203. The van der Waals surface area contributed by atoms with Crippen LogP contribution in [0.2, 0.25) is 0 Å². The van der Waals surface area contributed by atoms with Gasteiger partial charge in [-0.15, -0.1) is 0 Å². The van der Waals surface area contributed by atoms with Crippen molar-refractivity contribution in [2.24, 2.45) is 5.73 Å². The first-order valence-electron chi connectivity index (χ1n) is 6.25. The van der Waals surface area contributed by atoms with Crippen molar-refractivity contribution in [3.63, 3.8) is 0 Å². The van der Waals surface area contributed by atoms with Gasteiger partial charge in [-0.1, -0.05) is 30.3 Å². The average Bonchev–Trinajstić information content (AvgIpc) is 2.46. The Kier molecular flexibility index (Phi) is 2.97. The van der Waals surface area contributed by atoms with Crippen molar-refractivity contribution >= 4 is 10.8 Å². The Morgan fingerprint density at radius 3 is 2.63 bits per heavy atom. The third kappa shape index (κ3) is 2.20. The fourth-order valence-corrected chi connectivity index (χ4v) is 2.32. The molecule has 94 valence electrons. The van der Waals surface area contributed by atoms with Crippen LogP contribution in [0, 0.1) is 6.92 Å². The summed E-state index contributed by atoms with van der Waals surface area (Å²) in [4.78, 5) is 8.49. The zero-order valence-corrected chi connectivity index (χ0v) is 10.7. The van der Waals surface area contributed by atoms with Crippen molar-refractivity contribution in [1.29, 1.82) is 0 Å². The molecule has 0 saturated heterocycles. The molecular formula is C16H15N3. The van der Waals surface area contributed by atoms with Crippen LogP contribution < -0.4 is 5.73 Å².